The highest BCUT2D eigenvalue weighted by atomic mass is 32.2. The molecule has 4 rings (SSSR count). The SMILES string of the molecule is CS(=O)(=O)N1C[C@H]2CN(Cc3cccc4[nH]ccc34)C[C@@]2(C(=O)O)C1. The van der Waals surface area contributed by atoms with Crippen LogP contribution >= 0.6 is 0 Å². The number of hydrogen-bond donors (Lipinski definition) is 2. The summed E-state index contributed by atoms with van der Waals surface area (Å²) in [5.41, 5.74) is 1.21. The van der Waals surface area contributed by atoms with Crippen LogP contribution in [0.3, 0.4) is 0 Å². The number of nitrogens with one attached hydrogen (secondary N) is 1. The minimum absolute atomic E-state index is 0.0662. The number of H-pyrrole nitrogens is 1. The molecule has 2 saturated heterocycles. The largest absolute Gasteiger partial charge is 0.481 e. The average Bonchev–Trinajstić information content (AvgIpc) is 3.18. The first-order valence-electron chi connectivity index (χ1n) is 8.25. The number of rotatable bonds is 4. The van der Waals surface area contributed by atoms with Crippen LogP contribution < -0.4 is 0 Å². The van der Waals surface area contributed by atoms with Gasteiger partial charge in [0.05, 0.1) is 11.7 Å². The Bertz CT molecular complexity index is 938. The summed E-state index contributed by atoms with van der Waals surface area (Å²) in [5.74, 6) is -1.07. The fourth-order valence-corrected chi connectivity index (χ4v) is 5.24. The molecular formula is C17H21N3O4S. The molecule has 2 fully saturated rings. The van der Waals surface area contributed by atoms with E-state index >= 15 is 0 Å². The molecule has 25 heavy (non-hydrogen) atoms. The number of carbonyl (C=O) groups is 1. The molecule has 0 spiro atoms. The zero-order valence-corrected chi connectivity index (χ0v) is 14.8. The van der Waals surface area contributed by atoms with Crippen LogP contribution in [0.15, 0.2) is 30.5 Å². The lowest BCUT2D eigenvalue weighted by atomic mass is 9.81. The van der Waals surface area contributed by atoms with Crippen LogP contribution in [-0.4, -0.2) is 66.1 Å². The summed E-state index contributed by atoms with van der Waals surface area (Å²) in [6, 6.07) is 8.09. The van der Waals surface area contributed by atoms with Crippen molar-refractivity contribution in [2.24, 2.45) is 11.3 Å². The Balaban J connectivity index is 1.58. The highest BCUT2D eigenvalue weighted by molar-refractivity contribution is 7.88. The molecule has 2 N–H and O–H groups in total. The molecule has 0 saturated carbocycles. The van der Waals surface area contributed by atoms with Gasteiger partial charge in [-0.15, -0.1) is 0 Å². The number of nitrogens with zero attached hydrogens (tertiary/aromatic N) is 2. The Kier molecular flexibility index (Phi) is 3.68. The summed E-state index contributed by atoms with van der Waals surface area (Å²) in [6.45, 7) is 1.99. The van der Waals surface area contributed by atoms with Gasteiger partial charge in [-0.1, -0.05) is 12.1 Å². The van der Waals surface area contributed by atoms with Gasteiger partial charge >= 0.3 is 5.97 Å². The van der Waals surface area contributed by atoms with Crippen molar-refractivity contribution in [3.05, 3.63) is 36.0 Å². The second kappa shape index (κ2) is 5.55. The van der Waals surface area contributed by atoms with E-state index in [1.165, 1.54) is 4.31 Å². The molecule has 2 aromatic rings. The molecule has 7 nitrogen and oxygen atoms in total. The van der Waals surface area contributed by atoms with Crippen molar-refractivity contribution < 1.29 is 18.3 Å². The van der Waals surface area contributed by atoms with Crippen molar-refractivity contribution >= 4 is 26.9 Å². The molecule has 1 aromatic carbocycles. The average molecular weight is 363 g/mol. The third kappa shape index (κ3) is 2.65. The van der Waals surface area contributed by atoms with E-state index in [1.54, 1.807) is 0 Å². The number of fused-ring (bicyclic) bond motifs is 2. The molecular weight excluding hydrogens is 342 g/mol. The first kappa shape index (κ1) is 16.6. The van der Waals surface area contributed by atoms with Crippen molar-refractivity contribution in [2.45, 2.75) is 6.54 Å². The maximum Gasteiger partial charge on any atom is 0.312 e. The molecule has 8 heteroatoms. The summed E-state index contributed by atoms with van der Waals surface area (Å²) < 4.78 is 25.0. The van der Waals surface area contributed by atoms with Crippen LogP contribution in [0, 0.1) is 11.3 Å². The summed E-state index contributed by atoms with van der Waals surface area (Å²) in [7, 11) is -3.37. The molecule has 2 aliphatic heterocycles. The smallest absolute Gasteiger partial charge is 0.312 e. The van der Waals surface area contributed by atoms with Crippen LogP contribution in [0.1, 0.15) is 5.56 Å². The Morgan fingerprint density at radius 1 is 1.32 bits per heavy atom. The second-order valence-corrected chi connectivity index (χ2v) is 9.22. The van der Waals surface area contributed by atoms with Gasteiger partial charge in [0.15, 0.2) is 0 Å². The zero-order valence-electron chi connectivity index (χ0n) is 14.0. The van der Waals surface area contributed by atoms with Gasteiger partial charge < -0.3 is 10.1 Å². The summed E-state index contributed by atoms with van der Waals surface area (Å²) >= 11 is 0. The first-order chi connectivity index (χ1) is 11.8. The third-order valence-electron chi connectivity index (χ3n) is 5.62. The van der Waals surface area contributed by atoms with Crippen molar-refractivity contribution in [1.29, 1.82) is 0 Å². The van der Waals surface area contributed by atoms with Gasteiger partial charge in [-0.05, 0) is 17.7 Å². The van der Waals surface area contributed by atoms with Crippen LogP contribution in [0.2, 0.25) is 0 Å². The quantitative estimate of drug-likeness (QED) is 0.843. The number of hydrogen-bond acceptors (Lipinski definition) is 4. The molecule has 0 unspecified atom stereocenters. The lowest BCUT2D eigenvalue weighted by Gasteiger charge is -2.24. The van der Waals surface area contributed by atoms with Crippen molar-refractivity contribution in [1.82, 2.24) is 14.2 Å². The molecule has 0 bridgehead atoms. The van der Waals surface area contributed by atoms with Gasteiger partial charge in [-0.2, -0.15) is 0 Å². The topological polar surface area (TPSA) is 93.7 Å². The van der Waals surface area contributed by atoms with E-state index in [9.17, 15) is 18.3 Å². The molecule has 3 heterocycles. The maximum absolute atomic E-state index is 12.0. The van der Waals surface area contributed by atoms with Gasteiger partial charge in [0, 0.05) is 55.7 Å². The number of likely N-dealkylation sites (tertiary alicyclic amines) is 1. The van der Waals surface area contributed by atoms with Crippen molar-refractivity contribution in [3.8, 4) is 0 Å². The summed E-state index contributed by atoms with van der Waals surface area (Å²) in [6.07, 6.45) is 3.05. The summed E-state index contributed by atoms with van der Waals surface area (Å²) in [4.78, 5) is 17.3. The number of aromatic amines is 1. The molecule has 0 aliphatic carbocycles. The normalized spacial score (nSPS) is 27.8. The Morgan fingerprint density at radius 3 is 2.80 bits per heavy atom. The van der Waals surface area contributed by atoms with E-state index in [2.05, 4.69) is 16.0 Å². The fourth-order valence-electron chi connectivity index (χ4n) is 4.33. The molecule has 1 aromatic heterocycles. The van der Waals surface area contributed by atoms with Crippen LogP contribution in [0.25, 0.3) is 10.9 Å². The molecule has 2 aliphatic rings. The maximum atomic E-state index is 12.0. The van der Waals surface area contributed by atoms with Gasteiger partial charge in [0.1, 0.15) is 0 Å². The fraction of sp³-hybridized carbons (Fsp3) is 0.471. The van der Waals surface area contributed by atoms with E-state index in [0.717, 1.165) is 22.7 Å². The molecule has 2 atom stereocenters. The molecule has 0 radical (unpaired) electrons. The number of sulfonamides is 1. The lowest BCUT2D eigenvalue weighted by Crippen LogP contribution is -2.41. The minimum atomic E-state index is -3.37. The Morgan fingerprint density at radius 2 is 2.12 bits per heavy atom. The van der Waals surface area contributed by atoms with E-state index in [4.69, 9.17) is 0 Å². The van der Waals surface area contributed by atoms with E-state index in [1.807, 2.05) is 24.4 Å². The standard InChI is InChI=1S/C17H21N3O4S/c1-25(23,24)20-9-13-8-19(10-17(13,11-20)16(21)22)7-12-3-2-4-15-14(12)5-6-18-15/h2-6,13,18H,7-11H2,1H3,(H,21,22)/t13-,17-/m1/s1. The third-order valence-corrected chi connectivity index (χ3v) is 6.84. The van der Waals surface area contributed by atoms with Crippen molar-refractivity contribution in [2.75, 3.05) is 32.4 Å². The highest BCUT2D eigenvalue weighted by Crippen LogP contribution is 2.44. The lowest BCUT2D eigenvalue weighted by molar-refractivity contribution is -0.148. The van der Waals surface area contributed by atoms with E-state index in [-0.39, 0.29) is 19.0 Å². The Labute approximate surface area is 146 Å². The van der Waals surface area contributed by atoms with Gasteiger partial charge in [0.2, 0.25) is 10.0 Å². The number of carboxylic acids is 1. The van der Waals surface area contributed by atoms with E-state index < -0.39 is 21.4 Å². The summed E-state index contributed by atoms with van der Waals surface area (Å²) in [5, 5.41) is 11.0. The Hall–Kier alpha value is -1.90. The van der Waals surface area contributed by atoms with Crippen LogP contribution in [0.4, 0.5) is 0 Å². The number of benzene rings is 1. The monoisotopic (exact) mass is 363 g/mol. The van der Waals surface area contributed by atoms with E-state index in [0.29, 0.717) is 19.6 Å². The van der Waals surface area contributed by atoms with Crippen LogP contribution in [-0.2, 0) is 21.4 Å². The first-order valence-corrected chi connectivity index (χ1v) is 10.1. The zero-order chi connectivity index (χ0) is 17.8. The highest BCUT2D eigenvalue weighted by Gasteiger charge is 2.59. The second-order valence-electron chi connectivity index (χ2n) is 7.24. The van der Waals surface area contributed by atoms with Gasteiger partial charge in [-0.3, -0.25) is 9.69 Å². The minimum Gasteiger partial charge on any atom is -0.481 e. The predicted octanol–water partition coefficient (Wildman–Crippen LogP) is 0.946. The predicted molar refractivity (Wildman–Crippen MR) is 93.6 cm³/mol. The van der Waals surface area contributed by atoms with Gasteiger partial charge in [0.25, 0.3) is 0 Å². The van der Waals surface area contributed by atoms with Crippen LogP contribution in [0.5, 0.6) is 0 Å². The molecule has 0 amide bonds. The number of aliphatic carboxylic acids is 1. The molecule has 134 valence electrons. The number of aromatic nitrogens is 1. The van der Waals surface area contributed by atoms with Crippen molar-refractivity contribution in [3.63, 3.8) is 0 Å². The van der Waals surface area contributed by atoms with Gasteiger partial charge in [-0.25, -0.2) is 12.7 Å². The number of carboxylic acid groups (broad SMARTS) is 1.